The second kappa shape index (κ2) is 5.68. The van der Waals surface area contributed by atoms with E-state index in [1.165, 1.54) is 11.3 Å². The molecule has 2 rings (SSSR count). The topological polar surface area (TPSA) is 57.5 Å². The maximum absolute atomic E-state index is 13.6. The van der Waals surface area contributed by atoms with Gasteiger partial charge in [-0.15, -0.1) is 11.3 Å². The van der Waals surface area contributed by atoms with Crippen molar-refractivity contribution in [3.8, 4) is 5.75 Å². The van der Waals surface area contributed by atoms with Crippen molar-refractivity contribution in [3.63, 3.8) is 0 Å². The van der Waals surface area contributed by atoms with Gasteiger partial charge < -0.3 is 5.11 Å². The first kappa shape index (κ1) is 15.2. The molecular formula is C12H9F4N3OS. The van der Waals surface area contributed by atoms with Gasteiger partial charge in [0.2, 0.25) is 5.13 Å². The number of thiazole rings is 1. The predicted octanol–water partition coefficient (Wildman–Crippen LogP) is 3.76. The third-order valence-electron chi connectivity index (χ3n) is 2.41. The number of hydrazone groups is 1. The lowest BCUT2D eigenvalue weighted by atomic mass is 10.1. The van der Waals surface area contributed by atoms with Gasteiger partial charge in [0, 0.05) is 5.38 Å². The van der Waals surface area contributed by atoms with Gasteiger partial charge in [0.05, 0.1) is 23.0 Å². The molecular weight excluding hydrogens is 310 g/mol. The zero-order valence-electron chi connectivity index (χ0n) is 10.6. The number of alkyl halides is 3. The average molecular weight is 319 g/mol. The maximum Gasteiger partial charge on any atom is 0.416 e. The van der Waals surface area contributed by atoms with Gasteiger partial charge in [-0.2, -0.15) is 18.3 Å². The van der Waals surface area contributed by atoms with Crippen LogP contribution in [-0.4, -0.2) is 16.3 Å². The van der Waals surface area contributed by atoms with Gasteiger partial charge in [0.1, 0.15) is 11.6 Å². The van der Waals surface area contributed by atoms with Crippen LogP contribution in [0.4, 0.5) is 22.7 Å². The molecule has 9 heteroatoms. The highest BCUT2D eigenvalue weighted by Gasteiger charge is 2.32. The Morgan fingerprint density at radius 2 is 2.10 bits per heavy atom. The van der Waals surface area contributed by atoms with E-state index in [-0.39, 0.29) is 0 Å². The smallest absolute Gasteiger partial charge is 0.416 e. The van der Waals surface area contributed by atoms with E-state index in [9.17, 15) is 22.7 Å². The Morgan fingerprint density at radius 3 is 2.62 bits per heavy atom. The van der Waals surface area contributed by atoms with E-state index < -0.39 is 28.9 Å². The summed E-state index contributed by atoms with van der Waals surface area (Å²) < 4.78 is 50.9. The van der Waals surface area contributed by atoms with Gasteiger partial charge in [-0.25, -0.2) is 9.37 Å². The van der Waals surface area contributed by atoms with Crippen molar-refractivity contribution in [2.45, 2.75) is 13.1 Å². The Kier molecular flexibility index (Phi) is 4.12. The molecule has 1 aromatic heterocycles. The van der Waals surface area contributed by atoms with Crippen LogP contribution >= 0.6 is 11.3 Å². The van der Waals surface area contributed by atoms with Crippen molar-refractivity contribution in [3.05, 3.63) is 40.2 Å². The Balaban J connectivity index is 2.20. The number of halogens is 4. The highest BCUT2D eigenvalue weighted by Crippen LogP contribution is 2.33. The Hall–Kier alpha value is -2.16. The van der Waals surface area contributed by atoms with Crippen LogP contribution < -0.4 is 5.43 Å². The van der Waals surface area contributed by atoms with Crippen LogP contribution in [0.5, 0.6) is 5.75 Å². The molecule has 2 aromatic rings. The summed E-state index contributed by atoms with van der Waals surface area (Å²) in [4.78, 5) is 4.02. The minimum absolute atomic E-state index is 0.300. The van der Waals surface area contributed by atoms with Crippen molar-refractivity contribution in [1.82, 2.24) is 4.98 Å². The molecule has 0 amide bonds. The summed E-state index contributed by atoms with van der Waals surface area (Å²) in [6.45, 7) is 1.77. The molecule has 0 saturated carbocycles. The van der Waals surface area contributed by atoms with E-state index in [4.69, 9.17) is 0 Å². The third kappa shape index (κ3) is 3.69. The molecule has 4 nitrogen and oxygen atoms in total. The number of hydrogen-bond donors (Lipinski definition) is 2. The fourth-order valence-electron chi connectivity index (χ4n) is 1.45. The molecule has 0 aliphatic carbocycles. The van der Waals surface area contributed by atoms with Gasteiger partial charge in [-0.3, -0.25) is 5.43 Å². The minimum atomic E-state index is -4.73. The van der Waals surface area contributed by atoms with E-state index in [0.717, 1.165) is 11.9 Å². The van der Waals surface area contributed by atoms with Crippen molar-refractivity contribution < 1.29 is 22.7 Å². The largest absolute Gasteiger partial charge is 0.507 e. The summed E-state index contributed by atoms with van der Waals surface area (Å²) in [5, 5.41) is 15.3. The Morgan fingerprint density at radius 1 is 1.38 bits per heavy atom. The van der Waals surface area contributed by atoms with E-state index in [1.807, 2.05) is 0 Å². The number of benzene rings is 1. The van der Waals surface area contributed by atoms with E-state index in [0.29, 0.717) is 17.3 Å². The molecule has 0 saturated heterocycles. The van der Waals surface area contributed by atoms with Gasteiger partial charge in [-0.05, 0) is 19.1 Å². The number of aromatic nitrogens is 1. The summed E-state index contributed by atoms with van der Waals surface area (Å²) in [5.41, 5.74) is 1.55. The van der Waals surface area contributed by atoms with Crippen LogP contribution in [0.1, 0.15) is 16.8 Å². The summed E-state index contributed by atoms with van der Waals surface area (Å²) in [6.07, 6.45) is -3.84. The monoisotopic (exact) mass is 319 g/mol. The normalized spacial score (nSPS) is 12.0. The second-order valence-corrected chi connectivity index (χ2v) is 4.91. The number of phenolic OH excluding ortho intramolecular Hbond substituents is 1. The Bertz CT molecular complexity index is 658. The first-order valence-electron chi connectivity index (χ1n) is 5.58. The summed E-state index contributed by atoms with van der Waals surface area (Å²) in [7, 11) is 0. The molecule has 21 heavy (non-hydrogen) atoms. The lowest BCUT2D eigenvalue weighted by Gasteiger charge is -2.09. The number of aromatic hydroxyl groups is 1. The summed E-state index contributed by atoms with van der Waals surface area (Å²) >= 11 is 1.26. The van der Waals surface area contributed by atoms with Crippen LogP contribution in [0.15, 0.2) is 22.6 Å². The van der Waals surface area contributed by atoms with Crippen molar-refractivity contribution in [1.29, 1.82) is 0 Å². The molecule has 0 radical (unpaired) electrons. The highest BCUT2D eigenvalue weighted by atomic mass is 32.1. The average Bonchev–Trinajstić information content (AvgIpc) is 2.77. The van der Waals surface area contributed by atoms with Gasteiger partial charge >= 0.3 is 6.18 Å². The van der Waals surface area contributed by atoms with Gasteiger partial charge in [-0.1, -0.05) is 0 Å². The third-order valence-corrected chi connectivity index (χ3v) is 3.27. The molecule has 0 atom stereocenters. The zero-order valence-corrected chi connectivity index (χ0v) is 11.4. The lowest BCUT2D eigenvalue weighted by Crippen LogP contribution is -2.06. The van der Waals surface area contributed by atoms with Crippen LogP contribution in [0, 0.1) is 12.7 Å². The molecule has 0 aliphatic heterocycles. The SMILES string of the molecule is Cc1csc(NN=Cc2c(O)cc(C(F)(F)F)cc2F)n1. The first-order valence-corrected chi connectivity index (χ1v) is 6.46. The maximum atomic E-state index is 13.6. The molecule has 2 N–H and O–H groups in total. The van der Waals surface area contributed by atoms with E-state index >= 15 is 0 Å². The molecule has 0 spiro atoms. The molecule has 0 fully saturated rings. The standard InChI is InChI=1S/C12H9F4N3OS/c1-6-5-21-11(18-6)19-17-4-8-9(13)2-7(3-10(8)20)12(14,15)16/h2-5,20H,1H3,(H,18,19). The van der Waals surface area contributed by atoms with E-state index in [1.54, 1.807) is 12.3 Å². The molecule has 0 bridgehead atoms. The molecule has 1 aromatic carbocycles. The Labute approximate surface area is 120 Å². The minimum Gasteiger partial charge on any atom is -0.507 e. The number of anilines is 1. The highest BCUT2D eigenvalue weighted by molar-refractivity contribution is 7.13. The van der Waals surface area contributed by atoms with Crippen molar-refractivity contribution >= 4 is 22.7 Å². The van der Waals surface area contributed by atoms with Crippen LogP contribution in [-0.2, 0) is 6.18 Å². The number of nitrogens with zero attached hydrogens (tertiary/aromatic N) is 2. The number of aryl methyl sites for hydroxylation is 1. The molecule has 0 aliphatic rings. The lowest BCUT2D eigenvalue weighted by molar-refractivity contribution is -0.137. The number of rotatable bonds is 3. The summed E-state index contributed by atoms with van der Waals surface area (Å²) in [5.74, 6) is -2.06. The number of phenols is 1. The predicted molar refractivity (Wildman–Crippen MR) is 71.1 cm³/mol. The van der Waals surface area contributed by atoms with Crippen molar-refractivity contribution in [2.24, 2.45) is 5.10 Å². The van der Waals surface area contributed by atoms with E-state index in [2.05, 4.69) is 15.5 Å². The quantitative estimate of drug-likeness (QED) is 0.514. The number of nitrogens with one attached hydrogen (secondary N) is 1. The number of hydrogen-bond acceptors (Lipinski definition) is 5. The van der Waals surface area contributed by atoms with Crippen LogP contribution in [0.3, 0.4) is 0 Å². The van der Waals surface area contributed by atoms with Gasteiger partial charge in [0.25, 0.3) is 0 Å². The fourth-order valence-corrected chi connectivity index (χ4v) is 2.09. The first-order chi connectivity index (χ1) is 9.77. The van der Waals surface area contributed by atoms with Gasteiger partial charge in [0.15, 0.2) is 0 Å². The van der Waals surface area contributed by atoms with Crippen LogP contribution in [0.2, 0.25) is 0 Å². The molecule has 0 unspecified atom stereocenters. The zero-order chi connectivity index (χ0) is 15.6. The van der Waals surface area contributed by atoms with Crippen molar-refractivity contribution in [2.75, 3.05) is 5.43 Å². The molecule has 1 heterocycles. The van der Waals surface area contributed by atoms with Crippen LogP contribution in [0.25, 0.3) is 0 Å². The summed E-state index contributed by atoms with van der Waals surface area (Å²) in [6, 6.07) is 0.743. The fraction of sp³-hybridized carbons (Fsp3) is 0.167. The second-order valence-electron chi connectivity index (χ2n) is 4.05. The molecule has 112 valence electrons.